The molecule has 2 aromatic rings. The summed E-state index contributed by atoms with van der Waals surface area (Å²) in [6.07, 6.45) is 5.62. The number of aliphatic hydroxyl groups is 1. The van der Waals surface area contributed by atoms with Crippen LogP contribution in [0, 0.1) is 5.41 Å². The third-order valence-electron chi connectivity index (χ3n) is 5.20. The first-order valence-corrected chi connectivity index (χ1v) is 9.04. The van der Waals surface area contributed by atoms with Crippen LogP contribution in [0.2, 0.25) is 0 Å². The number of furan rings is 1. The molecule has 1 aliphatic carbocycles. The van der Waals surface area contributed by atoms with Gasteiger partial charge in [-0.1, -0.05) is 34.6 Å². The molecule has 0 unspecified atom stereocenters. The summed E-state index contributed by atoms with van der Waals surface area (Å²) in [7, 11) is 1.00. The highest BCUT2D eigenvalue weighted by atomic mass is 16.3. The van der Waals surface area contributed by atoms with E-state index in [-0.39, 0.29) is 5.41 Å². The minimum Gasteiger partial charge on any atom is -0.451 e. The molecule has 1 N–H and O–H groups in total. The average Bonchev–Trinajstić information content (AvgIpc) is 2.98. The van der Waals surface area contributed by atoms with Crippen molar-refractivity contribution >= 4 is 17.4 Å². The molecule has 0 bridgehead atoms. The quantitative estimate of drug-likeness (QED) is 0.757. The Labute approximate surface area is 150 Å². The van der Waals surface area contributed by atoms with Crippen molar-refractivity contribution in [2.75, 3.05) is 7.11 Å². The Morgan fingerprint density at radius 3 is 2.32 bits per heavy atom. The number of rotatable bonds is 2. The monoisotopic (exact) mass is 345 g/mol. The number of nitrogens with zero attached hydrogens (tertiary/aromatic N) is 1. The van der Waals surface area contributed by atoms with Gasteiger partial charge < -0.3 is 9.52 Å². The first-order chi connectivity index (χ1) is 11.7. The summed E-state index contributed by atoms with van der Waals surface area (Å²) in [6, 6.07) is 3.98. The van der Waals surface area contributed by atoms with E-state index in [0.29, 0.717) is 17.1 Å². The number of aromatic nitrogens is 1. The first-order valence-electron chi connectivity index (χ1n) is 9.04. The van der Waals surface area contributed by atoms with Crippen molar-refractivity contribution in [2.24, 2.45) is 5.41 Å². The largest absolute Gasteiger partial charge is 0.451 e. The molecule has 2 aromatic heterocycles. The van der Waals surface area contributed by atoms with Crippen molar-refractivity contribution in [3.63, 3.8) is 0 Å². The van der Waals surface area contributed by atoms with Crippen LogP contribution in [0.4, 0.5) is 0 Å². The Balaban J connectivity index is 0.00000109. The molecule has 2 heterocycles. The van der Waals surface area contributed by atoms with Crippen LogP contribution in [-0.2, 0) is 5.41 Å². The summed E-state index contributed by atoms with van der Waals surface area (Å²) in [6.45, 7) is 11.2. The van der Waals surface area contributed by atoms with Crippen molar-refractivity contribution in [3.8, 4) is 0 Å². The van der Waals surface area contributed by atoms with E-state index in [1.54, 1.807) is 6.07 Å². The second-order valence-electron chi connectivity index (χ2n) is 8.76. The molecule has 1 aliphatic rings. The zero-order valence-corrected chi connectivity index (χ0v) is 16.3. The van der Waals surface area contributed by atoms with Crippen LogP contribution in [0.5, 0.6) is 0 Å². The lowest BCUT2D eigenvalue weighted by atomic mass is 9.72. The Kier molecular flexibility index (Phi) is 5.72. The van der Waals surface area contributed by atoms with E-state index in [0.717, 1.165) is 35.8 Å². The number of aldehydes is 1. The molecule has 0 amide bonds. The first kappa shape index (κ1) is 19.6. The molecule has 3 rings (SSSR count). The summed E-state index contributed by atoms with van der Waals surface area (Å²) in [5, 5.41) is 7.00. The predicted octanol–water partition coefficient (Wildman–Crippen LogP) is 5.23. The van der Waals surface area contributed by atoms with Gasteiger partial charge in [-0.2, -0.15) is 0 Å². The Hall–Kier alpha value is -1.68. The van der Waals surface area contributed by atoms with Gasteiger partial charge in [0.2, 0.25) is 0 Å². The van der Waals surface area contributed by atoms with Gasteiger partial charge in [0.05, 0.1) is 0 Å². The van der Waals surface area contributed by atoms with Gasteiger partial charge in [0.25, 0.3) is 0 Å². The zero-order valence-electron chi connectivity index (χ0n) is 16.3. The number of fused-ring (bicyclic) bond motifs is 1. The predicted molar refractivity (Wildman–Crippen MR) is 101 cm³/mol. The van der Waals surface area contributed by atoms with Crippen molar-refractivity contribution in [3.05, 3.63) is 29.2 Å². The number of carbonyl (C=O) groups excluding carboxylic acids is 1. The standard InChI is InChI=1S/C20H27NO2.CH4O/c1-19(2,3)15-11-16(13-6-8-20(4,5)9-7-13)21-17-10-14(12-22)23-18(15)17;1-2/h10-13H,6-9H2,1-5H3;2H,1H3. The fourth-order valence-corrected chi connectivity index (χ4v) is 3.58. The van der Waals surface area contributed by atoms with Crippen molar-refractivity contribution < 1.29 is 14.3 Å². The minimum atomic E-state index is -0.0398. The Bertz CT molecular complexity index is 727. The van der Waals surface area contributed by atoms with Gasteiger partial charge in [-0.05, 0) is 42.6 Å². The highest BCUT2D eigenvalue weighted by Crippen LogP contribution is 2.43. The average molecular weight is 345 g/mol. The van der Waals surface area contributed by atoms with Gasteiger partial charge >= 0.3 is 0 Å². The van der Waals surface area contributed by atoms with Gasteiger partial charge in [0.15, 0.2) is 17.6 Å². The number of aliphatic hydroxyl groups excluding tert-OH is 1. The molecule has 138 valence electrons. The molecular formula is C21H31NO3. The maximum atomic E-state index is 11.1. The zero-order chi connectivity index (χ0) is 18.8. The molecule has 0 spiro atoms. The van der Waals surface area contributed by atoms with E-state index in [2.05, 4.69) is 40.7 Å². The summed E-state index contributed by atoms with van der Waals surface area (Å²) < 4.78 is 5.72. The van der Waals surface area contributed by atoms with E-state index in [1.165, 1.54) is 25.7 Å². The van der Waals surface area contributed by atoms with E-state index in [4.69, 9.17) is 14.5 Å². The molecule has 4 heteroatoms. The van der Waals surface area contributed by atoms with Crippen molar-refractivity contribution in [1.82, 2.24) is 4.98 Å². The third kappa shape index (κ3) is 4.30. The molecule has 4 nitrogen and oxygen atoms in total. The number of carbonyl (C=O) groups is 1. The lowest BCUT2D eigenvalue weighted by molar-refractivity contribution is 0.110. The van der Waals surface area contributed by atoms with Crippen LogP contribution in [0.1, 0.15) is 88.0 Å². The van der Waals surface area contributed by atoms with E-state index in [1.807, 2.05) is 0 Å². The summed E-state index contributed by atoms with van der Waals surface area (Å²) >= 11 is 0. The minimum absolute atomic E-state index is 0.0398. The maximum absolute atomic E-state index is 11.1. The summed E-state index contributed by atoms with van der Waals surface area (Å²) in [5.41, 5.74) is 4.31. The summed E-state index contributed by atoms with van der Waals surface area (Å²) in [4.78, 5) is 15.9. The van der Waals surface area contributed by atoms with E-state index < -0.39 is 0 Å². The molecule has 0 atom stereocenters. The van der Waals surface area contributed by atoms with E-state index >= 15 is 0 Å². The van der Waals surface area contributed by atoms with Crippen LogP contribution in [-0.4, -0.2) is 23.5 Å². The number of hydrogen-bond acceptors (Lipinski definition) is 4. The van der Waals surface area contributed by atoms with E-state index in [9.17, 15) is 4.79 Å². The molecule has 0 aromatic carbocycles. The van der Waals surface area contributed by atoms with Crippen LogP contribution >= 0.6 is 0 Å². The van der Waals surface area contributed by atoms with Crippen LogP contribution in [0.25, 0.3) is 11.1 Å². The van der Waals surface area contributed by atoms with Gasteiger partial charge in [-0.15, -0.1) is 0 Å². The lowest BCUT2D eigenvalue weighted by Crippen LogP contribution is -2.21. The second-order valence-corrected chi connectivity index (χ2v) is 8.76. The molecule has 0 aliphatic heterocycles. The fraction of sp³-hybridized carbons (Fsp3) is 0.619. The fourth-order valence-electron chi connectivity index (χ4n) is 3.58. The van der Waals surface area contributed by atoms with Crippen molar-refractivity contribution in [1.29, 1.82) is 0 Å². The Morgan fingerprint density at radius 2 is 1.80 bits per heavy atom. The maximum Gasteiger partial charge on any atom is 0.185 e. The highest BCUT2D eigenvalue weighted by molar-refractivity contribution is 5.85. The second kappa shape index (κ2) is 7.28. The molecule has 0 radical (unpaired) electrons. The van der Waals surface area contributed by atoms with Gasteiger partial charge in [-0.25, -0.2) is 4.98 Å². The van der Waals surface area contributed by atoms with Crippen LogP contribution in [0.3, 0.4) is 0 Å². The molecular weight excluding hydrogens is 314 g/mol. The van der Waals surface area contributed by atoms with Gasteiger partial charge in [0, 0.05) is 30.4 Å². The summed E-state index contributed by atoms with van der Waals surface area (Å²) in [5.74, 6) is 0.878. The topological polar surface area (TPSA) is 63.3 Å². The number of pyridine rings is 1. The SMILES string of the molecule is CC1(C)CCC(c2cc(C(C)(C)C)c3oc(C=O)cc3n2)CC1.CO. The lowest BCUT2D eigenvalue weighted by Gasteiger charge is -2.34. The molecule has 1 fully saturated rings. The molecule has 0 saturated heterocycles. The van der Waals surface area contributed by atoms with Gasteiger partial charge in [-0.3, -0.25) is 4.79 Å². The van der Waals surface area contributed by atoms with Crippen LogP contribution in [0.15, 0.2) is 16.5 Å². The Morgan fingerprint density at radius 1 is 1.20 bits per heavy atom. The molecule has 1 saturated carbocycles. The van der Waals surface area contributed by atoms with Gasteiger partial charge in [0.1, 0.15) is 5.52 Å². The van der Waals surface area contributed by atoms with Crippen molar-refractivity contribution in [2.45, 2.75) is 71.6 Å². The smallest absolute Gasteiger partial charge is 0.185 e. The molecule has 25 heavy (non-hydrogen) atoms. The van der Waals surface area contributed by atoms with Crippen LogP contribution < -0.4 is 0 Å². The normalized spacial score (nSPS) is 17.9. The number of hydrogen-bond donors (Lipinski definition) is 1. The highest BCUT2D eigenvalue weighted by Gasteiger charge is 2.30. The third-order valence-corrected chi connectivity index (χ3v) is 5.20.